The Morgan fingerprint density at radius 2 is 0.741 bits per heavy atom. The summed E-state index contributed by atoms with van der Waals surface area (Å²) < 4.78 is 1.07. The van der Waals surface area contributed by atoms with Crippen LogP contribution >= 0.6 is 12.4 Å². The third-order valence-electron chi connectivity index (χ3n) is 6.00. The van der Waals surface area contributed by atoms with Gasteiger partial charge in [0.1, 0.15) is 0 Å². The summed E-state index contributed by atoms with van der Waals surface area (Å²) >= 11 is 1.66. The van der Waals surface area contributed by atoms with Gasteiger partial charge in [-0.3, -0.25) is 0 Å². The largest absolute Gasteiger partial charge is 0.147 e. The van der Waals surface area contributed by atoms with Crippen molar-refractivity contribution in [2.24, 2.45) is 5.92 Å². The minimum Gasteiger partial charge on any atom is -0.147 e. The smallest absolute Gasteiger partial charge is 0.147 e. The van der Waals surface area contributed by atoms with Crippen molar-refractivity contribution in [3.8, 4) is 0 Å². The second kappa shape index (κ2) is 25.2. The van der Waals surface area contributed by atoms with E-state index in [-0.39, 0.29) is 12.4 Å². The average Bonchev–Trinajstić information content (AvgIpc) is 2.65. The number of hydrogen-bond acceptors (Lipinski definition) is 0. The summed E-state index contributed by atoms with van der Waals surface area (Å²) in [5.41, 5.74) is 0. The Morgan fingerprint density at radius 1 is 0.444 bits per heavy atom. The maximum absolute atomic E-state index is 2.33. The van der Waals surface area contributed by atoms with E-state index < -0.39 is 0 Å². The zero-order chi connectivity index (χ0) is 19.3. The van der Waals surface area contributed by atoms with Gasteiger partial charge in [-0.1, -0.05) is 0 Å². The van der Waals surface area contributed by atoms with Crippen molar-refractivity contribution in [3.05, 3.63) is 0 Å². The van der Waals surface area contributed by atoms with Gasteiger partial charge in [-0.15, -0.1) is 12.4 Å². The molecule has 27 heavy (non-hydrogen) atoms. The fourth-order valence-corrected chi connectivity index (χ4v) is 5.96. The van der Waals surface area contributed by atoms with Crippen LogP contribution in [0.15, 0.2) is 0 Å². The first-order valence-corrected chi connectivity index (χ1v) is 14.4. The topological polar surface area (TPSA) is 0 Å². The molecule has 0 aromatic heterocycles. The van der Waals surface area contributed by atoms with Crippen molar-refractivity contribution in [1.29, 1.82) is 0 Å². The second-order valence-electron chi connectivity index (χ2n) is 8.64. The SMILES string of the molecule is CCCCCCCCC[CH]([Bi])C(CCCCCCC)CCCCCCC.Cl. The van der Waals surface area contributed by atoms with Crippen LogP contribution in [-0.2, 0) is 0 Å². The normalized spacial score (nSPS) is 12.3. The summed E-state index contributed by atoms with van der Waals surface area (Å²) in [6, 6.07) is 0. The molecule has 1 atom stereocenters. The zero-order valence-corrected chi connectivity index (χ0v) is 23.4. The van der Waals surface area contributed by atoms with E-state index in [2.05, 4.69) is 20.8 Å². The Balaban J connectivity index is 0. The average molecular weight is 597 g/mol. The number of rotatable bonds is 21. The predicted octanol–water partition coefficient (Wildman–Crippen LogP) is 9.84. The molecule has 0 aromatic carbocycles. The van der Waals surface area contributed by atoms with Crippen molar-refractivity contribution in [2.75, 3.05) is 0 Å². The van der Waals surface area contributed by atoms with Crippen molar-refractivity contribution < 1.29 is 0 Å². The second-order valence-corrected chi connectivity index (χ2v) is 11.2. The van der Waals surface area contributed by atoms with Crippen LogP contribution in [0.4, 0.5) is 0 Å². The van der Waals surface area contributed by atoms with Gasteiger partial charge >= 0.3 is 183 Å². The number of halogens is 1. The van der Waals surface area contributed by atoms with Crippen LogP contribution in [0.25, 0.3) is 0 Å². The van der Waals surface area contributed by atoms with E-state index in [0.29, 0.717) is 0 Å². The van der Waals surface area contributed by atoms with Gasteiger partial charge in [0, 0.05) is 0 Å². The van der Waals surface area contributed by atoms with Crippen LogP contribution in [0.5, 0.6) is 0 Å². The minimum absolute atomic E-state index is 0. The van der Waals surface area contributed by atoms with E-state index in [0.717, 1.165) is 9.54 Å². The summed E-state index contributed by atoms with van der Waals surface area (Å²) in [5.74, 6) is 1.06. The van der Waals surface area contributed by atoms with Crippen molar-refractivity contribution in [3.63, 3.8) is 0 Å². The van der Waals surface area contributed by atoms with Gasteiger partial charge in [-0.25, -0.2) is 0 Å². The van der Waals surface area contributed by atoms with Crippen LogP contribution < -0.4 is 0 Å². The van der Waals surface area contributed by atoms with E-state index in [1.54, 1.807) is 24.7 Å². The van der Waals surface area contributed by atoms with Gasteiger partial charge in [0.25, 0.3) is 0 Å². The van der Waals surface area contributed by atoms with E-state index >= 15 is 0 Å². The Morgan fingerprint density at radius 3 is 1.11 bits per heavy atom. The first-order valence-electron chi connectivity index (χ1n) is 12.4. The minimum atomic E-state index is 0. The van der Waals surface area contributed by atoms with Crippen molar-refractivity contribution >= 4 is 37.1 Å². The van der Waals surface area contributed by atoms with E-state index in [1.807, 2.05) is 0 Å². The molecule has 1 unspecified atom stereocenters. The number of hydrogen-bond donors (Lipinski definition) is 0. The molecule has 0 saturated carbocycles. The summed E-state index contributed by atoms with van der Waals surface area (Å²) in [4.78, 5) is 0. The summed E-state index contributed by atoms with van der Waals surface area (Å²) in [6.07, 6.45) is 29.5. The molecule has 0 spiro atoms. The fraction of sp³-hybridized carbons (Fsp3) is 1.00. The molecule has 2 radical (unpaired) electrons. The van der Waals surface area contributed by atoms with Gasteiger partial charge in [0.05, 0.1) is 0 Å². The number of unbranched alkanes of at least 4 members (excludes halogenated alkanes) is 14. The van der Waals surface area contributed by atoms with E-state index in [1.165, 1.54) is 128 Å². The molecule has 0 aliphatic heterocycles. The molecule has 0 heterocycles. The summed E-state index contributed by atoms with van der Waals surface area (Å²) in [5, 5.41) is 0. The van der Waals surface area contributed by atoms with Crippen molar-refractivity contribution in [1.82, 2.24) is 0 Å². The third-order valence-corrected chi connectivity index (χ3v) is 8.65. The molecule has 0 rings (SSSR count). The van der Waals surface area contributed by atoms with Crippen LogP contribution in [-0.4, -0.2) is 24.7 Å². The van der Waals surface area contributed by atoms with Gasteiger partial charge < -0.3 is 0 Å². The molecule has 164 valence electrons. The summed E-state index contributed by atoms with van der Waals surface area (Å²) in [7, 11) is 0. The molecule has 0 aliphatic carbocycles. The Kier molecular flexibility index (Phi) is 28.4. The van der Waals surface area contributed by atoms with Gasteiger partial charge in [0.15, 0.2) is 0 Å². The Labute approximate surface area is 195 Å². The standard InChI is InChI=1S/C25H51.Bi.ClH/c1-4-7-10-13-14-15-18-21-24-25(22-19-16-11-8-5-2)23-20-17-12-9-6-3;;/h24-25H,4-23H2,1-3H3;;1H. The molecule has 0 aliphatic rings. The molecular weight excluding hydrogens is 545 g/mol. The molecule has 0 aromatic rings. The monoisotopic (exact) mass is 596 g/mol. The molecule has 0 saturated heterocycles. The van der Waals surface area contributed by atoms with Crippen molar-refractivity contribution in [2.45, 2.75) is 153 Å². The van der Waals surface area contributed by atoms with Crippen LogP contribution in [0, 0.1) is 5.92 Å². The van der Waals surface area contributed by atoms with E-state index in [9.17, 15) is 0 Å². The Hall–Kier alpha value is 1.17. The first-order chi connectivity index (χ1) is 12.8. The maximum atomic E-state index is 2.33. The van der Waals surface area contributed by atoms with Crippen LogP contribution in [0.3, 0.4) is 0 Å². The molecule has 0 N–H and O–H groups in total. The van der Waals surface area contributed by atoms with Crippen LogP contribution in [0.2, 0.25) is 3.63 Å². The molecule has 0 nitrogen and oxygen atoms in total. The molecule has 0 fully saturated rings. The zero-order valence-electron chi connectivity index (χ0n) is 19.2. The van der Waals surface area contributed by atoms with Gasteiger partial charge in [0.2, 0.25) is 0 Å². The molecule has 2 heteroatoms. The third kappa shape index (κ3) is 21.7. The predicted molar refractivity (Wildman–Crippen MR) is 130 cm³/mol. The van der Waals surface area contributed by atoms with Crippen LogP contribution in [0.1, 0.15) is 149 Å². The summed E-state index contributed by atoms with van der Waals surface area (Å²) in [6.45, 7) is 6.97. The molecular formula is C25H52BiCl. The first kappa shape index (κ1) is 30.4. The molecule has 0 amide bonds. The Bertz CT molecular complexity index is 243. The molecule has 0 bridgehead atoms. The maximum Gasteiger partial charge on any atom is -0.147 e. The quantitative estimate of drug-likeness (QED) is 0.0914. The van der Waals surface area contributed by atoms with Gasteiger partial charge in [-0.05, 0) is 0 Å². The van der Waals surface area contributed by atoms with Gasteiger partial charge in [-0.2, -0.15) is 0 Å². The van der Waals surface area contributed by atoms with E-state index in [4.69, 9.17) is 0 Å². The fourth-order valence-electron chi connectivity index (χ4n) is 4.10.